The van der Waals surface area contributed by atoms with Crippen LogP contribution in [-0.4, -0.2) is 40.1 Å². The first-order valence-electron chi connectivity index (χ1n) is 5.00. The molecule has 0 aliphatic heterocycles. The molecule has 0 saturated carbocycles. The van der Waals surface area contributed by atoms with E-state index in [1.165, 1.54) is 17.0 Å². The van der Waals surface area contributed by atoms with Crippen LogP contribution in [0.2, 0.25) is 10.3 Å². The van der Waals surface area contributed by atoms with Crippen molar-refractivity contribution in [1.82, 2.24) is 9.88 Å². The van der Waals surface area contributed by atoms with Crippen molar-refractivity contribution in [2.75, 3.05) is 13.6 Å². The Balaban J connectivity index is 2.89. The van der Waals surface area contributed by atoms with Crippen molar-refractivity contribution >= 4 is 29.1 Å². The lowest BCUT2D eigenvalue weighted by Crippen LogP contribution is -2.39. The number of nitrogens with zero attached hydrogens (tertiary/aromatic N) is 2. The molecule has 0 bridgehead atoms. The quantitative estimate of drug-likeness (QED) is 0.862. The van der Waals surface area contributed by atoms with Crippen molar-refractivity contribution in [3.8, 4) is 0 Å². The molecule has 1 N–H and O–H groups in total. The van der Waals surface area contributed by atoms with Gasteiger partial charge in [0.25, 0.3) is 5.91 Å². The van der Waals surface area contributed by atoms with Gasteiger partial charge in [-0.3, -0.25) is 4.79 Å². The number of amides is 1. The molecule has 0 saturated heterocycles. The van der Waals surface area contributed by atoms with Gasteiger partial charge in [-0.1, -0.05) is 23.2 Å². The molecule has 0 radical (unpaired) electrons. The third-order valence-electron chi connectivity index (χ3n) is 2.02. The molecule has 0 aliphatic rings. The fourth-order valence-corrected chi connectivity index (χ4v) is 1.86. The fraction of sp³-hybridized carbons (Fsp3) is 0.455. The van der Waals surface area contributed by atoms with Crippen LogP contribution in [0.4, 0.5) is 0 Å². The van der Waals surface area contributed by atoms with Gasteiger partial charge in [0.15, 0.2) is 0 Å². The number of halogens is 2. The van der Waals surface area contributed by atoms with Crippen LogP contribution in [0, 0.1) is 0 Å². The summed E-state index contributed by atoms with van der Waals surface area (Å²) in [5, 5.41) is 9.93. The van der Waals surface area contributed by atoms with Crippen molar-refractivity contribution < 1.29 is 9.90 Å². The largest absolute Gasteiger partial charge is 0.389 e. The number of carbonyl (C=O) groups excluding carboxylic acids is 1. The van der Waals surface area contributed by atoms with Gasteiger partial charge in [0.1, 0.15) is 10.3 Å². The summed E-state index contributed by atoms with van der Waals surface area (Å²) in [5.41, 5.74) is -0.695. The van der Waals surface area contributed by atoms with Crippen LogP contribution in [0.5, 0.6) is 0 Å². The van der Waals surface area contributed by atoms with E-state index >= 15 is 0 Å². The molecule has 1 heterocycles. The molecule has 1 aromatic heterocycles. The maximum atomic E-state index is 12.0. The average molecular weight is 277 g/mol. The molecule has 0 unspecified atom stereocenters. The van der Waals surface area contributed by atoms with Gasteiger partial charge in [-0.15, -0.1) is 0 Å². The van der Waals surface area contributed by atoms with Crippen LogP contribution in [0.25, 0.3) is 0 Å². The van der Waals surface area contributed by atoms with Gasteiger partial charge >= 0.3 is 0 Å². The number of aromatic nitrogens is 1. The van der Waals surface area contributed by atoms with Gasteiger partial charge < -0.3 is 10.0 Å². The lowest BCUT2D eigenvalue weighted by atomic mass is 10.1. The minimum absolute atomic E-state index is 0.0603. The first-order valence-corrected chi connectivity index (χ1v) is 5.76. The van der Waals surface area contributed by atoms with Crippen molar-refractivity contribution in [2.24, 2.45) is 0 Å². The molecule has 0 spiro atoms. The lowest BCUT2D eigenvalue weighted by molar-refractivity contribution is 0.0367. The Hall–Kier alpha value is -0.840. The van der Waals surface area contributed by atoms with Gasteiger partial charge in [0.2, 0.25) is 0 Å². The number of carbonyl (C=O) groups is 1. The van der Waals surface area contributed by atoms with Gasteiger partial charge in [-0.25, -0.2) is 4.98 Å². The Labute approximate surface area is 110 Å². The van der Waals surface area contributed by atoms with Gasteiger partial charge in [0, 0.05) is 13.6 Å². The minimum atomic E-state index is -0.962. The Bertz CT molecular complexity index is 430. The molecule has 0 aliphatic carbocycles. The molecule has 4 nitrogen and oxygen atoms in total. The zero-order valence-electron chi connectivity index (χ0n) is 9.87. The van der Waals surface area contributed by atoms with E-state index < -0.39 is 5.60 Å². The summed E-state index contributed by atoms with van der Waals surface area (Å²) in [6.45, 7) is 3.45. The fourth-order valence-electron chi connectivity index (χ4n) is 1.43. The second-order valence-electron chi connectivity index (χ2n) is 4.45. The molecular weight excluding hydrogens is 263 g/mol. The number of hydrogen-bond acceptors (Lipinski definition) is 3. The maximum Gasteiger partial charge on any atom is 0.256 e. The van der Waals surface area contributed by atoms with Crippen LogP contribution in [-0.2, 0) is 0 Å². The van der Waals surface area contributed by atoms with Crippen LogP contribution in [0.15, 0.2) is 12.1 Å². The van der Waals surface area contributed by atoms with Gasteiger partial charge in [-0.2, -0.15) is 0 Å². The third kappa shape index (κ3) is 4.15. The number of likely N-dealkylation sites (N-methyl/N-ethyl adjacent to an activating group) is 1. The summed E-state index contributed by atoms with van der Waals surface area (Å²) < 4.78 is 0. The third-order valence-corrected chi connectivity index (χ3v) is 2.51. The van der Waals surface area contributed by atoms with Crippen molar-refractivity contribution in [1.29, 1.82) is 0 Å². The first-order chi connectivity index (χ1) is 7.70. The standard InChI is InChI=1S/C11H14Cl2N2O2/c1-11(2,17)6-15(3)10(16)7-4-5-8(12)14-9(7)13/h4-5,17H,6H2,1-3H3. The molecule has 94 valence electrons. The second-order valence-corrected chi connectivity index (χ2v) is 5.19. The van der Waals surface area contributed by atoms with E-state index in [2.05, 4.69) is 4.98 Å². The normalized spacial score (nSPS) is 11.4. The molecule has 0 aromatic carbocycles. The van der Waals surface area contributed by atoms with Crippen LogP contribution >= 0.6 is 23.2 Å². The van der Waals surface area contributed by atoms with Gasteiger partial charge in [-0.05, 0) is 26.0 Å². The first kappa shape index (κ1) is 14.2. The highest BCUT2D eigenvalue weighted by atomic mass is 35.5. The van der Waals surface area contributed by atoms with Crippen LogP contribution in [0.3, 0.4) is 0 Å². The van der Waals surface area contributed by atoms with E-state index in [-0.39, 0.29) is 28.3 Å². The highest BCUT2D eigenvalue weighted by Gasteiger charge is 2.22. The Morgan fingerprint density at radius 2 is 2.06 bits per heavy atom. The van der Waals surface area contributed by atoms with E-state index in [9.17, 15) is 9.90 Å². The summed E-state index contributed by atoms with van der Waals surface area (Å²) >= 11 is 11.5. The highest BCUT2D eigenvalue weighted by molar-refractivity contribution is 6.34. The Morgan fingerprint density at radius 1 is 1.47 bits per heavy atom. The summed E-state index contributed by atoms with van der Waals surface area (Å²) in [4.78, 5) is 17.2. The van der Waals surface area contributed by atoms with Gasteiger partial charge in [0.05, 0.1) is 11.2 Å². The van der Waals surface area contributed by atoms with E-state index in [4.69, 9.17) is 23.2 Å². The smallest absolute Gasteiger partial charge is 0.256 e. The molecule has 1 aromatic rings. The number of rotatable bonds is 3. The van der Waals surface area contributed by atoms with E-state index in [0.29, 0.717) is 0 Å². The van der Waals surface area contributed by atoms with Crippen LogP contribution in [0.1, 0.15) is 24.2 Å². The summed E-state index contributed by atoms with van der Waals surface area (Å²) in [7, 11) is 1.59. The maximum absolute atomic E-state index is 12.0. The zero-order valence-corrected chi connectivity index (χ0v) is 11.4. The van der Waals surface area contributed by atoms with Crippen LogP contribution < -0.4 is 0 Å². The number of hydrogen-bond donors (Lipinski definition) is 1. The van der Waals surface area contributed by atoms with Crippen molar-refractivity contribution in [3.63, 3.8) is 0 Å². The van der Waals surface area contributed by atoms with Crippen molar-refractivity contribution in [2.45, 2.75) is 19.4 Å². The molecule has 0 atom stereocenters. The Morgan fingerprint density at radius 3 is 2.53 bits per heavy atom. The predicted octanol–water partition coefficient (Wildman–Crippen LogP) is 2.23. The highest BCUT2D eigenvalue weighted by Crippen LogP contribution is 2.18. The van der Waals surface area contributed by atoms with E-state index in [0.717, 1.165) is 0 Å². The lowest BCUT2D eigenvalue weighted by Gasteiger charge is -2.25. The second kappa shape index (κ2) is 5.21. The SMILES string of the molecule is CN(CC(C)(C)O)C(=O)c1ccc(Cl)nc1Cl. The monoisotopic (exact) mass is 276 g/mol. The topological polar surface area (TPSA) is 53.4 Å². The van der Waals surface area contributed by atoms with E-state index in [1.807, 2.05) is 0 Å². The summed E-state index contributed by atoms with van der Waals surface area (Å²) in [5.74, 6) is -0.304. The minimum Gasteiger partial charge on any atom is -0.389 e. The average Bonchev–Trinajstić information content (AvgIpc) is 2.14. The number of aliphatic hydroxyl groups is 1. The molecule has 1 rings (SSSR count). The summed E-state index contributed by atoms with van der Waals surface area (Å²) in [6.07, 6.45) is 0. The zero-order chi connectivity index (χ0) is 13.2. The van der Waals surface area contributed by atoms with E-state index in [1.54, 1.807) is 20.9 Å². The Kier molecular flexibility index (Phi) is 4.36. The summed E-state index contributed by atoms with van der Waals surface area (Å²) in [6, 6.07) is 3.01. The molecule has 0 fully saturated rings. The molecular formula is C11H14Cl2N2O2. The molecule has 1 amide bonds. The predicted molar refractivity (Wildman–Crippen MR) is 67.5 cm³/mol. The molecule has 17 heavy (non-hydrogen) atoms. The molecule has 6 heteroatoms. The number of pyridine rings is 1. The van der Waals surface area contributed by atoms with Crippen molar-refractivity contribution in [3.05, 3.63) is 28.0 Å².